The number of halogens is 4. The fourth-order valence-electron chi connectivity index (χ4n) is 3.43. The molecule has 2 amide bonds. The van der Waals surface area contributed by atoms with E-state index in [2.05, 4.69) is 10.2 Å². The van der Waals surface area contributed by atoms with Gasteiger partial charge in [-0.15, -0.1) is 10.2 Å². The van der Waals surface area contributed by atoms with Crippen LogP contribution in [-0.4, -0.2) is 47.4 Å². The molecule has 1 aliphatic rings. The lowest BCUT2D eigenvalue weighted by molar-refractivity contribution is 0.0547. The molecule has 0 aliphatic carbocycles. The van der Waals surface area contributed by atoms with Crippen LogP contribution in [-0.2, 0) is 11.3 Å². The number of anilines is 1. The lowest BCUT2D eigenvalue weighted by atomic mass is 10.1. The number of alkyl halides is 2. The van der Waals surface area contributed by atoms with Crippen molar-refractivity contribution >= 4 is 11.7 Å². The van der Waals surface area contributed by atoms with Gasteiger partial charge in [-0.1, -0.05) is 12.1 Å². The number of rotatable bonds is 5. The Morgan fingerprint density at radius 3 is 2.48 bits per heavy atom. The number of benzene rings is 2. The van der Waals surface area contributed by atoms with E-state index in [4.69, 9.17) is 9.15 Å². The molecular formula is C22H20F4N4O3. The smallest absolute Gasteiger partial charge is 0.325 e. The highest BCUT2D eigenvalue weighted by molar-refractivity contribution is 5.92. The third-order valence-electron chi connectivity index (χ3n) is 5.16. The fraction of sp³-hybridized carbons (Fsp3) is 0.318. The first-order valence-electron chi connectivity index (χ1n) is 10.1. The molecule has 11 heteroatoms. The molecule has 2 aromatic carbocycles. The minimum atomic E-state index is -2.94. The second-order valence-corrected chi connectivity index (χ2v) is 7.48. The molecule has 33 heavy (non-hydrogen) atoms. The maximum Gasteiger partial charge on any atom is 0.325 e. The molecule has 1 aromatic heterocycles. The highest BCUT2D eigenvalue weighted by atomic mass is 19.3. The molecule has 0 atom stereocenters. The topological polar surface area (TPSA) is 71.7 Å². The summed E-state index contributed by atoms with van der Waals surface area (Å²) in [5.41, 5.74) is 0.879. The Bertz CT molecular complexity index is 1150. The molecule has 0 bridgehead atoms. The van der Waals surface area contributed by atoms with E-state index in [1.54, 1.807) is 13.0 Å². The average Bonchev–Trinajstić information content (AvgIpc) is 3.30. The second kappa shape index (κ2) is 9.57. The quantitative estimate of drug-likeness (QED) is 0.511. The van der Waals surface area contributed by atoms with Crippen molar-refractivity contribution in [1.29, 1.82) is 0 Å². The minimum absolute atomic E-state index is 0.0130. The van der Waals surface area contributed by atoms with Crippen LogP contribution >= 0.6 is 0 Å². The van der Waals surface area contributed by atoms with E-state index < -0.39 is 30.0 Å². The number of aromatic nitrogens is 2. The molecule has 0 unspecified atom stereocenters. The van der Waals surface area contributed by atoms with Crippen LogP contribution < -0.4 is 4.90 Å². The third kappa shape index (κ3) is 4.98. The van der Waals surface area contributed by atoms with E-state index in [0.717, 1.165) is 6.07 Å². The summed E-state index contributed by atoms with van der Waals surface area (Å²) in [5, 5.41) is 6.72. The molecule has 0 N–H and O–H groups in total. The summed E-state index contributed by atoms with van der Waals surface area (Å²) in [4.78, 5) is 15.9. The van der Waals surface area contributed by atoms with Gasteiger partial charge in [-0.25, -0.2) is 13.6 Å². The summed E-state index contributed by atoms with van der Waals surface area (Å²) in [7, 11) is 0. The number of amides is 2. The number of morpholine rings is 1. The maximum absolute atomic E-state index is 14.9. The molecule has 174 valence electrons. The van der Waals surface area contributed by atoms with Crippen LogP contribution in [0.1, 0.15) is 23.4 Å². The largest absolute Gasteiger partial charge is 0.415 e. The van der Waals surface area contributed by atoms with Gasteiger partial charge in [-0.3, -0.25) is 4.90 Å². The molecule has 0 radical (unpaired) electrons. The number of hydrogen-bond donors (Lipinski definition) is 0. The molecular weight excluding hydrogens is 444 g/mol. The Morgan fingerprint density at radius 2 is 1.85 bits per heavy atom. The van der Waals surface area contributed by atoms with Gasteiger partial charge in [0.2, 0.25) is 5.89 Å². The van der Waals surface area contributed by atoms with Crippen LogP contribution in [0.15, 0.2) is 40.8 Å². The van der Waals surface area contributed by atoms with Gasteiger partial charge in [0.05, 0.1) is 25.4 Å². The van der Waals surface area contributed by atoms with E-state index in [9.17, 15) is 22.4 Å². The first-order chi connectivity index (χ1) is 15.8. The molecule has 1 aliphatic heterocycles. The Labute approximate surface area is 186 Å². The van der Waals surface area contributed by atoms with E-state index >= 15 is 0 Å². The Hall–Kier alpha value is -3.47. The summed E-state index contributed by atoms with van der Waals surface area (Å²) in [5.74, 6) is -2.48. The van der Waals surface area contributed by atoms with Gasteiger partial charge in [-0.05, 0) is 36.8 Å². The van der Waals surface area contributed by atoms with Crippen molar-refractivity contribution < 1.29 is 31.5 Å². The summed E-state index contributed by atoms with van der Waals surface area (Å²) in [6, 6.07) is 7.76. The van der Waals surface area contributed by atoms with Crippen molar-refractivity contribution in [2.24, 2.45) is 0 Å². The molecule has 4 rings (SSSR count). The maximum atomic E-state index is 14.9. The van der Waals surface area contributed by atoms with Crippen molar-refractivity contribution in [3.05, 3.63) is 65.1 Å². The lowest BCUT2D eigenvalue weighted by Gasteiger charge is -2.33. The standard InChI is InChI=1S/C22H20F4N4O3/c1-13-2-5-18(17(24)10-13)30(22(31)29-6-8-32-9-7-29)12-15-4-3-14(11-16(15)23)20-27-28-21(33-20)19(25)26/h2-5,10-11,19H,6-9,12H2,1H3. The van der Waals surface area contributed by atoms with E-state index in [0.29, 0.717) is 31.9 Å². The molecule has 7 nitrogen and oxygen atoms in total. The zero-order valence-electron chi connectivity index (χ0n) is 17.6. The Morgan fingerprint density at radius 1 is 1.09 bits per heavy atom. The van der Waals surface area contributed by atoms with Gasteiger partial charge in [0.25, 0.3) is 5.89 Å². The number of urea groups is 1. The summed E-state index contributed by atoms with van der Waals surface area (Å²) in [6.07, 6.45) is -2.94. The molecule has 1 fully saturated rings. The van der Waals surface area contributed by atoms with Crippen molar-refractivity contribution in [2.45, 2.75) is 19.9 Å². The monoisotopic (exact) mass is 464 g/mol. The van der Waals surface area contributed by atoms with Gasteiger partial charge in [0, 0.05) is 24.2 Å². The second-order valence-electron chi connectivity index (χ2n) is 7.48. The number of aryl methyl sites for hydroxylation is 1. The van der Waals surface area contributed by atoms with E-state index in [-0.39, 0.29) is 29.2 Å². The van der Waals surface area contributed by atoms with Crippen molar-refractivity contribution in [3.63, 3.8) is 0 Å². The zero-order chi connectivity index (χ0) is 23.5. The number of carbonyl (C=O) groups excluding carboxylic acids is 1. The predicted octanol–water partition coefficient (Wildman–Crippen LogP) is 4.72. The summed E-state index contributed by atoms with van der Waals surface area (Å²) >= 11 is 0. The van der Waals surface area contributed by atoms with Gasteiger partial charge in [0.1, 0.15) is 11.6 Å². The molecule has 2 heterocycles. The number of carbonyl (C=O) groups is 1. The number of ether oxygens (including phenoxy) is 1. The normalized spacial score (nSPS) is 14.1. The van der Waals surface area contributed by atoms with Gasteiger partial charge in [0.15, 0.2) is 0 Å². The SMILES string of the molecule is Cc1ccc(N(Cc2ccc(-c3nnc(C(F)F)o3)cc2F)C(=O)N2CCOCC2)c(F)c1. The molecule has 0 spiro atoms. The average molecular weight is 464 g/mol. The van der Waals surface area contributed by atoms with Gasteiger partial charge >= 0.3 is 12.5 Å². The molecule has 1 saturated heterocycles. The van der Waals surface area contributed by atoms with Crippen LogP contribution in [0.3, 0.4) is 0 Å². The van der Waals surface area contributed by atoms with Gasteiger partial charge in [-0.2, -0.15) is 8.78 Å². The van der Waals surface area contributed by atoms with Crippen molar-refractivity contribution in [1.82, 2.24) is 15.1 Å². The first kappa shape index (κ1) is 22.7. The van der Waals surface area contributed by atoms with Crippen molar-refractivity contribution in [2.75, 3.05) is 31.2 Å². The summed E-state index contributed by atoms with van der Waals surface area (Å²) in [6.45, 7) is 2.82. The first-order valence-corrected chi connectivity index (χ1v) is 10.1. The third-order valence-corrected chi connectivity index (χ3v) is 5.16. The molecule has 0 saturated carbocycles. The highest BCUT2D eigenvalue weighted by Crippen LogP contribution is 2.28. The van der Waals surface area contributed by atoms with Crippen molar-refractivity contribution in [3.8, 4) is 11.5 Å². The number of nitrogens with zero attached hydrogens (tertiary/aromatic N) is 4. The van der Waals surface area contributed by atoms with Crippen LogP contribution in [0.2, 0.25) is 0 Å². The number of hydrogen-bond acceptors (Lipinski definition) is 5. The zero-order valence-corrected chi connectivity index (χ0v) is 17.6. The minimum Gasteiger partial charge on any atom is -0.415 e. The fourth-order valence-corrected chi connectivity index (χ4v) is 3.43. The molecule has 3 aromatic rings. The highest BCUT2D eigenvalue weighted by Gasteiger charge is 2.27. The van der Waals surface area contributed by atoms with Crippen LogP contribution in [0, 0.1) is 18.6 Å². The lowest BCUT2D eigenvalue weighted by Crippen LogP contribution is -2.48. The van der Waals surface area contributed by atoms with Gasteiger partial charge < -0.3 is 14.1 Å². The predicted molar refractivity (Wildman–Crippen MR) is 110 cm³/mol. The van der Waals surface area contributed by atoms with E-state index in [1.165, 1.54) is 34.1 Å². The summed E-state index contributed by atoms with van der Waals surface area (Å²) < 4.78 is 65.2. The Balaban J connectivity index is 1.64. The van der Waals surface area contributed by atoms with Crippen LogP contribution in [0.25, 0.3) is 11.5 Å². The Kier molecular flexibility index (Phi) is 6.59. The van der Waals surface area contributed by atoms with E-state index in [1.807, 2.05) is 0 Å². The van der Waals surface area contributed by atoms with Crippen LogP contribution in [0.4, 0.5) is 28.0 Å². The van der Waals surface area contributed by atoms with Crippen LogP contribution in [0.5, 0.6) is 0 Å².